The van der Waals surface area contributed by atoms with Crippen molar-refractivity contribution in [2.24, 2.45) is 16.6 Å². The van der Waals surface area contributed by atoms with Crippen molar-refractivity contribution >= 4 is 6.21 Å². The van der Waals surface area contributed by atoms with E-state index in [2.05, 4.69) is 40.1 Å². The topological polar surface area (TPSA) is 105 Å². The highest BCUT2D eigenvalue weighted by molar-refractivity contribution is 5.59. The lowest BCUT2D eigenvalue weighted by molar-refractivity contribution is 0.0412. The Labute approximate surface area is 177 Å². The Balaban J connectivity index is 2.25. The third-order valence-electron chi connectivity index (χ3n) is 5.05. The summed E-state index contributed by atoms with van der Waals surface area (Å²) < 4.78 is 10.8. The highest BCUT2D eigenvalue weighted by Crippen LogP contribution is 2.18. The zero-order valence-electron chi connectivity index (χ0n) is 18.7. The lowest BCUT2D eigenvalue weighted by Crippen LogP contribution is -2.40. The van der Waals surface area contributed by atoms with E-state index in [1.165, 1.54) is 32.2 Å². The van der Waals surface area contributed by atoms with Crippen molar-refractivity contribution in [3.05, 3.63) is 12.0 Å². The molecule has 0 aliphatic carbocycles. The SMILES string of the molecule is CCCCO[C@@H](N=CCNCCC[C@H]1NCCC[C@H]1C)N/C(N)=C/NCCOC. The fraction of sp³-hybridized carbons (Fsp3) is 0.857. The molecule has 1 saturated heterocycles. The van der Waals surface area contributed by atoms with E-state index >= 15 is 0 Å². The summed E-state index contributed by atoms with van der Waals surface area (Å²) in [6, 6.07) is 0.673. The molecule has 0 aromatic rings. The molecule has 1 aliphatic rings. The molecule has 0 spiro atoms. The van der Waals surface area contributed by atoms with Crippen LogP contribution in [0, 0.1) is 5.92 Å². The van der Waals surface area contributed by atoms with Crippen molar-refractivity contribution in [2.45, 2.75) is 64.8 Å². The van der Waals surface area contributed by atoms with Crippen LogP contribution >= 0.6 is 0 Å². The smallest absolute Gasteiger partial charge is 0.226 e. The number of rotatable bonds is 17. The van der Waals surface area contributed by atoms with Gasteiger partial charge in [0.2, 0.25) is 6.35 Å². The molecule has 0 bridgehead atoms. The predicted molar refractivity (Wildman–Crippen MR) is 121 cm³/mol. The Morgan fingerprint density at radius 3 is 2.93 bits per heavy atom. The molecular formula is C21H44N6O2. The van der Waals surface area contributed by atoms with Gasteiger partial charge in [-0.25, -0.2) is 4.99 Å². The fourth-order valence-corrected chi connectivity index (χ4v) is 3.25. The standard InChI is InChI=1S/C21H44N6O2/c1-4-5-15-29-21(27-20(22)17-24-14-16-28-3)26-13-12-23-10-7-9-19-18(2)8-6-11-25-19/h13,17-19,21,23-25,27H,4-12,14-16,22H2,1-3H3/b20-17+,26-13?/t18-,19-,21+/m1/s1. The molecule has 1 aliphatic heterocycles. The van der Waals surface area contributed by atoms with E-state index in [-0.39, 0.29) is 0 Å². The van der Waals surface area contributed by atoms with Gasteiger partial charge in [-0.15, -0.1) is 0 Å². The van der Waals surface area contributed by atoms with E-state index in [0.29, 0.717) is 31.6 Å². The van der Waals surface area contributed by atoms with Gasteiger partial charge in [-0.2, -0.15) is 0 Å². The highest BCUT2D eigenvalue weighted by atomic mass is 16.5. The molecule has 0 unspecified atom stereocenters. The van der Waals surface area contributed by atoms with Crippen LogP contribution in [0.2, 0.25) is 0 Å². The van der Waals surface area contributed by atoms with Crippen LogP contribution in [0.3, 0.4) is 0 Å². The summed E-state index contributed by atoms with van der Waals surface area (Å²) in [5.41, 5.74) is 5.98. The van der Waals surface area contributed by atoms with Gasteiger partial charge < -0.3 is 36.5 Å². The quantitative estimate of drug-likeness (QED) is 0.140. The average molecular weight is 413 g/mol. The van der Waals surface area contributed by atoms with Crippen LogP contribution in [0.5, 0.6) is 0 Å². The first kappa shape index (κ1) is 25.7. The molecule has 1 fully saturated rings. The van der Waals surface area contributed by atoms with Gasteiger partial charge in [-0.1, -0.05) is 20.3 Å². The van der Waals surface area contributed by atoms with Gasteiger partial charge in [-0.05, 0) is 51.1 Å². The van der Waals surface area contributed by atoms with E-state index in [0.717, 1.165) is 31.8 Å². The maximum absolute atomic E-state index is 5.98. The molecule has 8 heteroatoms. The van der Waals surface area contributed by atoms with Crippen LogP contribution in [-0.4, -0.2) is 65.1 Å². The van der Waals surface area contributed by atoms with Gasteiger partial charge in [0.15, 0.2) is 0 Å². The fourth-order valence-electron chi connectivity index (χ4n) is 3.25. The zero-order valence-corrected chi connectivity index (χ0v) is 18.7. The summed E-state index contributed by atoms with van der Waals surface area (Å²) in [5.74, 6) is 1.28. The van der Waals surface area contributed by atoms with Gasteiger partial charge in [0.1, 0.15) is 5.82 Å². The number of hydrogen-bond acceptors (Lipinski definition) is 8. The molecule has 170 valence electrons. The molecule has 8 nitrogen and oxygen atoms in total. The van der Waals surface area contributed by atoms with Crippen molar-refractivity contribution in [3.63, 3.8) is 0 Å². The number of nitrogens with one attached hydrogen (secondary N) is 4. The van der Waals surface area contributed by atoms with E-state index in [1.54, 1.807) is 13.3 Å². The van der Waals surface area contributed by atoms with E-state index in [1.807, 2.05) is 6.21 Å². The van der Waals surface area contributed by atoms with Crippen molar-refractivity contribution in [2.75, 3.05) is 46.5 Å². The molecule has 29 heavy (non-hydrogen) atoms. The second-order valence-electron chi connectivity index (χ2n) is 7.63. The lowest BCUT2D eigenvalue weighted by atomic mass is 9.90. The van der Waals surface area contributed by atoms with Crippen molar-refractivity contribution < 1.29 is 9.47 Å². The first-order valence-electron chi connectivity index (χ1n) is 11.2. The minimum atomic E-state index is -0.476. The second-order valence-corrected chi connectivity index (χ2v) is 7.63. The number of hydrogen-bond donors (Lipinski definition) is 5. The Hall–Kier alpha value is -1.35. The number of nitrogens with zero attached hydrogens (tertiary/aromatic N) is 1. The second kappa shape index (κ2) is 17.5. The van der Waals surface area contributed by atoms with Crippen LogP contribution < -0.4 is 27.0 Å². The normalized spacial score (nSPS) is 21.4. The summed E-state index contributed by atoms with van der Waals surface area (Å²) in [6.07, 6.45) is 10.2. The van der Waals surface area contributed by atoms with Crippen molar-refractivity contribution in [1.29, 1.82) is 0 Å². The Morgan fingerprint density at radius 2 is 2.17 bits per heavy atom. The number of nitrogens with two attached hydrogens (primary N) is 1. The monoisotopic (exact) mass is 412 g/mol. The van der Waals surface area contributed by atoms with Gasteiger partial charge in [0, 0.05) is 38.7 Å². The average Bonchev–Trinajstić information content (AvgIpc) is 2.71. The minimum Gasteiger partial charge on any atom is -0.386 e. The highest BCUT2D eigenvalue weighted by Gasteiger charge is 2.19. The molecule has 0 amide bonds. The molecule has 0 aromatic carbocycles. The van der Waals surface area contributed by atoms with Gasteiger partial charge in [0.25, 0.3) is 0 Å². The van der Waals surface area contributed by atoms with Crippen molar-refractivity contribution in [1.82, 2.24) is 21.3 Å². The third-order valence-corrected chi connectivity index (χ3v) is 5.05. The van der Waals surface area contributed by atoms with Crippen LogP contribution in [0.25, 0.3) is 0 Å². The summed E-state index contributed by atoms with van der Waals surface area (Å²) in [5, 5.41) is 13.2. The molecule has 1 heterocycles. The van der Waals surface area contributed by atoms with Crippen LogP contribution in [0.4, 0.5) is 0 Å². The molecule has 0 radical (unpaired) electrons. The molecule has 0 saturated carbocycles. The Bertz CT molecular complexity index is 447. The summed E-state index contributed by atoms with van der Waals surface area (Å²) in [4.78, 5) is 4.47. The summed E-state index contributed by atoms with van der Waals surface area (Å²) in [6.45, 7) is 9.35. The van der Waals surface area contributed by atoms with E-state index in [9.17, 15) is 0 Å². The molecule has 1 rings (SSSR count). The number of unbranched alkanes of at least 4 members (excludes halogenated alkanes) is 1. The Kier molecular flexibility index (Phi) is 15.5. The van der Waals surface area contributed by atoms with Crippen molar-refractivity contribution in [3.8, 4) is 0 Å². The molecule has 3 atom stereocenters. The summed E-state index contributed by atoms with van der Waals surface area (Å²) >= 11 is 0. The number of methoxy groups -OCH3 is 1. The maximum atomic E-state index is 5.98. The summed E-state index contributed by atoms with van der Waals surface area (Å²) in [7, 11) is 1.67. The maximum Gasteiger partial charge on any atom is 0.226 e. The van der Waals surface area contributed by atoms with Gasteiger partial charge in [-0.3, -0.25) is 0 Å². The van der Waals surface area contributed by atoms with E-state index in [4.69, 9.17) is 15.2 Å². The number of aliphatic imine (C=N–C) groups is 1. The van der Waals surface area contributed by atoms with Crippen LogP contribution in [0.1, 0.15) is 52.4 Å². The van der Waals surface area contributed by atoms with E-state index < -0.39 is 6.35 Å². The van der Waals surface area contributed by atoms with Gasteiger partial charge in [0.05, 0.1) is 13.2 Å². The van der Waals surface area contributed by atoms with Crippen LogP contribution in [-0.2, 0) is 9.47 Å². The molecular weight excluding hydrogens is 368 g/mol. The largest absolute Gasteiger partial charge is 0.386 e. The lowest BCUT2D eigenvalue weighted by Gasteiger charge is -2.30. The number of piperidine rings is 1. The number of ether oxygens (including phenoxy) is 2. The predicted octanol–water partition coefficient (Wildman–Crippen LogP) is 1.50. The van der Waals surface area contributed by atoms with Crippen LogP contribution in [0.15, 0.2) is 17.0 Å². The molecule has 6 N–H and O–H groups in total. The van der Waals surface area contributed by atoms with Gasteiger partial charge >= 0.3 is 0 Å². The molecule has 0 aromatic heterocycles. The first-order valence-corrected chi connectivity index (χ1v) is 11.2. The Morgan fingerprint density at radius 1 is 1.31 bits per heavy atom. The zero-order chi connectivity index (χ0) is 21.2. The third kappa shape index (κ3) is 13.5. The minimum absolute atomic E-state index is 0.476. The first-order chi connectivity index (χ1) is 14.2.